The van der Waals surface area contributed by atoms with Gasteiger partial charge in [-0.05, 0) is 49.4 Å². The number of nitrogens with two attached hydrogens (primary N) is 1. The summed E-state index contributed by atoms with van der Waals surface area (Å²) < 4.78 is 31.2. The number of nitriles is 1. The minimum atomic E-state index is -4.05. The summed E-state index contributed by atoms with van der Waals surface area (Å²) in [4.78, 5) is 18.1. The number of H-pyrrole nitrogens is 1. The molecule has 0 aliphatic carbocycles. The van der Waals surface area contributed by atoms with Crippen LogP contribution < -0.4 is 10.5 Å². The van der Waals surface area contributed by atoms with E-state index in [1.54, 1.807) is 46.1 Å². The molecular weight excluding hydrogens is 440 g/mol. The number of aromatic amines is 1. The van der Waals surface area contributed by atoms with Crippen molar-refractivity contribution in [1.82, 2.24) is 19.2 Å². The Balaban J connectivity index is 1.62. The summed E-state index contributed by atoms with van der Waals surface area (Å²) in [5, 5.41) is 9.68. The van der Waals surface area contributed by atoms with E-state index in [2.05, 4.69) is 22.7 Å². The van der Waals surface area contributed by atoms with Crippen molar-refractivity contribution in [1.29, 1.82) is 5.26 Å². The SMILES string of the molecule is CC1CCN(C(=O)C(CCn2cccc2C#N)NS(=O)(=O)c2cccc3[nH]cc(N)c23)CC1. The first-order chi connectivity index (χ1) is 15.8. The predicted molar refractivity (Wildman–Crippen MR) is 126 cm³/mol. The maximum absolute atomic E-state index is 13.4. The number of piperidine rings is 1. The molecule has 1 aliphatic rings. The van der Waals surface area contributed by atoms with Crippen molar-refractivity contribution < 1.29 is 13.2 Å². The Morgan fingerprint density at radius 2 is 2.06 bits per heavy atom. The Morgan fingerprint density at radius 1 is 1.30 bits per heavy atom. The van der Waals surface area contributed by atoms with Crippen molar-refractivity contribution in [3.05, 3.63) is 48.4 Å². The van der Waals surface area contributed by atoms with Gasteiger partial charge in [0.1, 0.15) is 17.8 Å². The van der Waals surface area contributed by atoms with Gasteiger partial charge in [-0.1, -0.05) is 13.0 Å². The normalized spacial score (nSPS) is 16.1. The van der Waals surface area contributed by atoms with E-state index in [0.29, 0.717) is 47.8 Å². The standard InChI is InChI=1S/C23H28N6O3S/c1-16-7-11-29(12-8-16)23(30)20(9-13-28-10-3-4-17(28)14-24)27-33(31,32)21-6-2-5-19-22(21)18(25)15-26-19/h2-6,10,15-16,20,26-27H,7-9,11-13,25H2,1H3. The smallest absolute Gasteiger partial charge is 0.242 e. The average molecular weight is 469 g/mol. The number of nitrogen functional groups attached to an aromatic ring is 1. The molecule has 0 bridgehead atoms. The number of hydrogen-bond donors (Lipinski definition) is 3. The summed E-state index contributed by atoms with van der Waals surface area (Å²) in [6.45, 7) is 3.69. The van der Waals surface area contributed by atoms with E-state index in [4.69, 9.17) is 5.73 Å². The first-order valence-electron chi connectivity index (χ1n) is 11.0. The zero-order valence-corrected chi connectivity index (χ0v) is 19.3. The Kier molecular flexibility index (Phi) is 6.44. The summed E-state index contributed by atoms with van der Waals surface area (Å²) in [6, 6.07) is 9.44. The van der Waals surface area contributed by atoms with Crippen molar-refractivity contribution in [2.75, 3.05) is 18.8 Å². The van der Waals surface area contributed by atoms with Gasteiger partial charge in [0.15, 0.2) is 0 Å². The molecule has 33 heavy (non-hydrogen) atoms. The number of likely N-dealkylation sites (tertiary alicyclic amines) is 1. The molecule has 174 valence electrons. The Bertz CT molecular complexity index is 1300. The van der Waals surface area contributed by atoms with Gasteiger partial charge >= 0.3 is 0 Å². The molecule has 1 atom stereocenters. The molecule has 1 aliphatic heterocycles. The number of nitrogens with one attached hydrogen (secondary N) is 2. The second kappa shape index (κ2) is 9.29. The quantitative estimate of drug-likeness (QED) is 0.489. The highest BCUT2D eigenvalue weighted by Crippen LogP contribution is 2.28. The molecule has 0 saturated carbocycles. The zero-order chi connectivity index (χ0) is 23.6. The summed E-state index contributed by atoms with van der Waals surface area (Å²) in [7, 11) is -4.05. The number of aryl methyl sites for hydroxylation is 1. The molecule has 1 aromatic carbocycles. The van der Waals surface area contributed by atoms with Crippen LogP contribution in [0.25, 0.3) is 10.9 Å². The van der Waals surface area contributed by atoms with Crippen LogP contribution in [0.1, 0.15) is 31.9 Å². The molecule has 1 unspecified atom stereocenters. The van der Waals surface area contributed by atoms with E-state index < -0.39 is 16.1 Å². The lowest BCUT2D eigenvalue weighted by Crippen LogP contribution is -2.50. The van der Waals surface area contributed by atoms with E-state index >= 15 is 0 Å². The zero-order valence-electron chi connectivity index (χ0n) is 18.5. The number of carbonyl (C=O) groups excluding carboxylic acids is 1. The van der Waals surface area contributed by atoms with Crippen LogP contribution in [0, 0.1) is 17.2 Å². The lowest BCUT2D eigenvalue weighted by molar-refractivity contribution is -0.134. The number of rotatable bonds is 7. The molecule has 3 heterocycles. The van der Waals surface area contributed by atoms with Crippen molar-refractivity contribution in [3.8, 4) is 6.07 Å². The summed E-state index contributed by atoms with van der Waals surface area (Å²) in [5.41, 5.74) is 7.41. The minimum Gasteiger partial charge on any atom is -0.397 e. The molecule has 1 saturated heterocycles. The number of nitrogens with zero attached hydrogens (tertiary/aromatic N) is 3. The van der Waals surface area contributed by atoms with Gasteiger partial charge in [0.2, 0.25) is 15.9 Å². The second-order valence-electron chi connectivity index (χ2n) is 8.59. The van der Waals surface area contributed by atoms with E-state index in [9.17, 15) is 18.5 Å². The number of carbonyl (C=O) groups is 1. The summed E-state index contributed by atoms with van der Waals surface area (Å²) in [6.07, 6.45) is 5.29. The Hall–Kier alpha value is -3.29. The van der Waals surface area contributed by atoms with Crippen LogP contribution in [0.5, 0.6) is 0 Å². The third-order valence-corrected chi connectivity index (χ3v) is 7.80. The summed E-state index contributed by atoms with van der Waals surface area (Å²) in [5.74, 6) is 0.293. The molecule has 2 aromatic heterocycles. The fourth-order valence-electron chi connectivity index (χ4n) is 4.31. The van der Waals surface area contributed by atoms with E-state index in [0.717, 1.165) is 12.8 Å². The molecule has 1 fully saturated rings. The fraction of sp³-hybridized carbons (Fsp3) is 0.391. The average Bonchev–Trinajstić information content (AvgIpc) is 3.42. The molecule has 10 heteroatoms. The van der Waals surface area contributed by atoms with Crippen molar-refractivity contribution in [2.45, 2.75) is 43.7 Å². The van der Waals surface area contributed by atoms with Gasteiger partial charge in [-0.25, -0.2) is 8.42 Å². The van der Waals surface area contributed by atoms with Crippen LogP contribution in [0.15, 0.2) is 47.6 Å². The number of benzene rings is 1. The fourth-order valence-corrected chi connectivity index (χ4v) is 5.79. The number of sulfonamides is 1. The highest BCUT2D eigenvalue weighted by molar-refractivity contribution is 7.89. The number of hydrogen-bond acceptors (Lipinski definition) is 5. The molecule has 0 spiro atoms. The first-order valence-corrected chi connectivity index (χ1v) is 12.5. The van der Waals surface area contributed by atoms with E-state index in [1.807, 2.05) is 0 Å². The van der Waals surface area contributed by atoms with Crippen LogP contribution in [0.4, 0.5) is 5.69 Å². The topological polar surface area (TPSA) is 137 Å². The van der Waals surface area contributed by atoms with Crippen molar-refractivity contribution in [2.24, 2.45) is 5.92 Å². The maximum atomic E-state index is 13.4. The number of fused-ring (bicyclic) bond motifs is 1. The van der Waals surface area contributed by atoms with Gasteiger partial charge < -0.3 is 20.2 Å². The monoisotopic (exact) mass is 468 g/mol. The van der Waals surface area contributed by atoms with E-state index in [-0.39, 0.29) is 17.2 Å². The van der Waals surface area contributed by atoms with Gasteiger partial charge in [-0.2, -0.15) is 9.98 Å². The predicted octanol–water partition coefficient (Wildman–Crippen LogP) is 2.42. The first kappa shape index (κ1) is 22.9. The van der Waals surface area contributed by atoms with Crippen LogP contribution in [-0.4, -0.2) is 47.9 Å². The van der Waals surface area contributed by atoms with Gasteiger partial charge in [-0.3, -0.25) is 4.79 Å². The Morgan fingerprint density at radius 3 is 2.79 bits per heavy atom. The third-order valence-electron chi connectivity index (χ3n) is 6.28. The summed E-state index contributed by atoms with van der Waals surface area (Å²) >= 11 is 0. The van der Waals surface area contributed by atoms with Gasteiger partial charge in [0, 0.05) is 42.9 Å². The number of aromatic nitrogens is 2. The molecule has 3 aromatic rings. The van der Waals surface area contributed by atoms with Crippen molar-refractivity contribution >= 4 is 32.5 Å². The molecule has 4 rings (SSSR count). The molecular formula is C23H28N6O3S. The molecule has 9 nitrogen and oxygen atoms in total. The number of anilines is 1. The van der Waals surface area contributed by atoms with Crippen LogP contribution in [-0.2, 0) is 21.4 Å². The maximum Gasteiger partial charge on any atom is 0.242 e. The van der Waals surface area contributed by atoms with E-state index in [1.165, 1.54) is 6.07 Å². The second-order valence-corrected chi connectivity index (χ2v) is 10.3. The Labute approximate surface area is 193 Å². The molecule has 0 radical (unpaired) electrons. The highest BCUT2D eigenvalue weighted by Gasteiger charge is 2.32. The molecule has 4 N–H and O–H groups in total. The van der Waals surface area contributed by atoms with Crippen LogP contribution in [0.2, 0.25) is 0 Å². The van der Waals surface area contributed by atoms with Gasteiger partial charge in [-0.15, -0.1) is 0 Å². The largest absolute Gasteiger partial charge is 0.397 e. The third kappa shape index (κ3) is 4.74. The van der Waals surface area contributed by atoms with Gasteiger partial charge in [0.25, 0.3) is 0 Å². The van der Waals surface area contributed by atoms with Gasteiger partial charge in [0.05, 0.1) is 10.6 Å². The minimum absolute atomic E-state index is 0.0301. The van der Waals surface area contributed by atoms with Crippen molar-refractivity contribution in [3.63, 3.8) is 0 Å². The lowest BCUT2D eigenvalue weighted by Gasteiger charge is -2.33. The highest BCUT2D eigenvalue weighted by atomic mass is 32.2. The number of amides is 1. The van der Waals surface area contributed by atoms with Crippen LogP contribution >= 0.6 is 0 Å². The van der Waals surface area contributed by atoms with Crippen LogP contribution in [0.3, 0.4) is 0 Å². The molecule has 1 amide bonds. The lowest BCUT2D eigenvalue weighted by atomic mass is 9.98.